The zero-order valence-corrected chi connectivity index (χ0v) is 8.69. The Kier molecular flexibility index (Phi) is 2.15. The Bertz CT molecular complexity index is 445. The molecule has 2 aromatic heterocycles. The van der Waals surface area contributed by atoms with Crippen molar-refractivity contribution in [2.75, 3.05) is 7.11 Å². The fraction of sp³-hybridized carbons (Fsp3) is 0.364. The summed E-state index contributed by atoms with van der Waals surface area (Å²) in [6.45, 7) is 4.33. The van der Waals surface area contributed by atoms with Crippen molar-refractivity contribution in [3.05, 3.63) is 30.0 Å². The van der Waals surface area contributed by atoms with E-state index in [0.717, 1.165) is 11.4 Å². The predicted molar refractivity (Wildman–Crippen MR) is 55.8 cm³/mol. The van der Waals surface area contributed by atoms with Crippen LogP contribution in [-0.2, 0) is 0 Å². The molecule has 0 aromatic carbocycles. The number of pyridine rings is 1. The summed E-state index contributed by atoms with van der Waals surface area (Å²) in [6, 6.07) is 5.96. The van der Waals surface area contributed by atoms with Gasteiger partial charge in [-0.05, 0) is 12.0 Å². The monoisotopic (exact) mass is 190 g/mol. The standard InChI is InChI=1S/C11H14N2O/c1-8(2)9-7-12-13-10(9)5-4-6-11(13)14-3/h4-8H,1-3H3. The molecule has 0 saturated carbocycles. The molecule has 0 N–H and O–H groups in total. The van der Waals surface area contributed by atoms with Gasteiger partial charge in [0.2, 0.25) is 5.88 Å². The Hall–Kier alpha value is -1.51. The minimum atomic E-state index is 0.486. The van der Waals surface area contributed by atoms with Gasteiger partial charge in [0.1, 0.15) is 0 Å². The number of ether oxygens (including phenoxy) is 1. The molecule has 0 atom stereocenters. The first-order valence-electron chi connectivity index (χ1n) is 4.74. The van der Waals surface area contributed by atoms with Crippen molar-refractivity contribution in [3.8, 4) is 5.88 Å². The van der Waals surface area contributed by atoms with Gasteiger partial charge in [0, 0.05) is 11.6 Å². The van der Waals surface area contributed by atoms with Gasteiger partial charge < -0.3 is 4.74 Å². The molecule has 0 bridgehead atoms. The molecule has 0 aliphatic rings. The van der Waals surface area contributed by atoms with Gasteiger partial charge in [0.25, 0.3) is 0 Å². The van der Waals surface area contributed by atoms with Crippen molar-refractivity contribution < 1.29 is 4.74 Å². The summed E-state index contributed by atoms with van der Waals surface area (Å²) in [5.74, 6) is 1.26. The van der Waals surface area contributed by atoms with E-state index < -0.39 is 0 Å². The van der Waals surface area contributed by atoms with Crippen molar-refractivity contribution in [3.63, 3.8) is 0 Å². The first-order chi connectivity index (χ1) is 6.74. The molecular weight excluding hydrogens is 176 g/mol. The fourth-order valence-electron chi connectivity index (χ4n) is 1.60. The number of methoxy groups -OCH3 is 1. The summed E-state index contributed by atoms with van der Waals surface area (Å²) in [4.78, 5) is 0. The van der Waals surface area contributed by atoms with E-state index in [9.17, 15) is 0 Å². The number of hydrogen-bond donors (Lipinski definition) is 0. The second-order valence-corrected chi connectivity index (χ2v) is 3.62. The van der Waals surface area contributed by atoms with Crippen LogP contribution in [-0.4, -0.2) is 16.7 Å². The highest BCUT2D eigenvalue weighted by Gasteiger charge is 2.09. The summed E-state index contributed by atoms with van der Waals surface area (Å²) < 4.78 is 7.05. The Morgan fingerprint density at radius 2 is 2.14 bits per heavy atom. The number of aromatic nitrogens is 2. The molecule has 0 saturated heterocycles. The van der Waals surface area contributed by atoms with E-state index in [-0.39, 0.29) is 0 Å². The lowest BCUT2D eigenvalue weighted by Crippen LogP contribution is -1.95. The van der Waals surface area contributed by atoms with Gasteiger partial charge in [0.15, 0.2) is 0 Å². The van der Waals surface area contributed by atoms with Crippen LogP contribution in [0.4, 0.5) is 0 Å². The van der Waals surface area contributed by atoms with Crippen LogP contribution in [0, 0.1) is 0 Å². The molecule has 2 rings (SSSR count). The van der Waals surface area contributed by atoms with E-state index in [1.54, 1.807) is 7.11 Å². The van der Waals surface area contributed by atoms with Gasteiger partial charge in [-0.25, -0.2) is 4.52 Å². The maximum atomic E-state index is 5.22. The van der Waals surface area contributed by atoms with Crippen LogP contribution in [0.2, 0.25) is 0 Å². The molecule has 0 aliphatic carbocycles. The second kappa shape index (κ2) is 3.33. The van der Waals surface area contributed by atoms with E-state index in [0.29, 0.717) is 5.92 Å². The van der Waals surface area contributed by atoms with Gasteiger partial charge >= 0.3 is 0 Å². The average molecular weight is 190 g/mol. The van der Waals surface area contributed by atoms with Crippen molar-refractivity contribution in [1.29, 1.82) is 0 Å². The van der Waals surface area contributed by atoms with E-state index >= 15 is 0 Å². The molecule has 74 valence electrons. The quantitative estimate of drug-likeness (QED) is 0.727. The molecule has 0 unspecified atom stereocenters. The van der Waals surface area contributed by atoms with E-state index in [1.165, 1.54) is 5.56 Å². The lowest BCUT2D eigenvalue weighted by atomic mass is 10.1. The number of rotatable bonds is 2. The Labute approximate surface area is 83.3 Å². The third kappa shape index (κ3) is 1.25. The molecule has 0 aliphatic heterocycles. The van der Waals surface area contributed by atoms with E-state index in [4.69, 9.17) is 4.74 Å². The van der Waals surface area contributed by atoms with Crippen LogP contribution in [0.3, 0.4) is 0 Å². The fourth-order valence-corrected chi connectivity index (χ4v) is 1.60. The van der Waals surface area contributed by atoms with Crippen LogP contribution in [0.15, 0.2) is 24.4 Å². The Morgan fingerprint density at radius 1 is 1.36 bits per heavy atom. The van der Waals surface area contributed by atoms with Crippen LogP contribution < -0.4 is 4.74 Å². The van der Waals surface area contributed by atoms with Gasteiger partial charge in [-0.3, -0.25) is 0 Å². The maximum Gasteiger partial charge on any atom is 0.214 e. The van der Waals surface area contributed by atoms with Crippen LogP contribution in [0.25, 0.3) is 5.52 Å². The van der Waals surface area contributed by atoms with Crippen LogP contribution >= 0.6 is 0 Å². The Balaban J connectivity index is 2.69. The summed E-state index contributed by atoms with van der Waals surface area (Å²) >= 11 is 0. The first-order valence-corrected chi connectivity index (χ1v) is 4.74. The minimum Gasteiger partial charge on any atom is -0.481 e. The second-order valence-electron chi connectivity index (χ2n) is 3.62. The summed E-state index contributed by atoms with van der Waals surface area (Å²) in [5.41, 5.74) is 2.38. The topological polar surface area (TPSA) is 26.5 Å². The lowest BCUT2D eigenvalue weighted by molar-refractivity contribution is 0.386. The van der Waals surface area contributed by atoms with Crippen molar-refractivity contribution in [1.82, 2.24) is 9.61 Å². The highest BCUT2D eigenvalue weighted by Crippen LogP contribution is 2.23. The van der Waals surface area contributed by atoms with E-state index in [2.05, 4.69) is 25.0 Å². The van der Waals surface area contributed by atoms with Gasteiger partial charge in [-0.15, -0.1) is 0 Å². The molecule has 0 fully saturated rings. The highest BCUT2D eigenvalue weighted by molar-refractivity contribution is 5.56. The summed E-state index contributed by atoms with van der Waals surface area (Å²) in [6.07, 6.45) is 1.91. The molecule has 3 heteroatoms. The number of hydrogen-bond acceptors (Lipinski definition) is 2. The first kappa shape index (κ1) is 9.06. The summed E-state index contributed by atoms with van der Waals surface area (Å²) in [5, 5.41) is 4.30. The molecule has 0 radical (unpaired) electrons. The third-order valence-corrected chi connectivity index (χ3v) is 2.37. The molecular formula is C11H14N2O. The predicted octanol–water partition coefficient (Wildman–Crippen LogP) is 2.47. The number of fused-ring (bicyclic) bond motifs is 1. The van der Waals surface area contributed by atoms with Crippen molar-refractivity contribution in [2.24, 2.45) is 0 Å². The molecule has 14 heavy (non-hydrogen) atoms. The smallest absolute Gasteiger partial charge is 0.214 e. The Morgan fingerprint density at radius 3 is 2.79 bits per heavy atom. The van der Waals surface area contributed by atoms with Crippen molar-refractivity contribution >= 4 is 5.52 Å². The van der Waals surface area contributed by atoms with E-state index in [1.807, 2.05) is 22.8 Å². The van der Waals surface area contributed by atoms with Gasteiger partial charge in [-0.1, -0.05) is 19.9 Å². The average Bonchev–Trinajstić information content (AvgIpc) is 2.60. The lowest BCUT2D eigenvalue weighted by Gasteiger charge is -2.04. The minimum absolute atomic E-state index is 0.486. The highest BCUT2D eigenvalue weighted by atomic mass is 16.5. The molecule has 0 spiro atoms. The van der Waals surface area contributed by atoms with Gasteiger partial charge in [0.05, 0.1) is 18.8 Å². The van der Waals surface area contributed by atoms with Crippen LogP contribution in [0.5, 0.6) is 5.88 Å². The molecule has 3 nitrogen and oxygen atoms in total. The molecule has 2 heterocycles. The zero-order valence-electron chi connectivity index (χ0n) is 8.69. The van der Waals surface area contributed by atoms with Gasteiger partial charge in [-0.2, -0.15) is 5.10 Å². The zero-order chi connectivity index (χ0) is 10.1. The SMILES string of the molecule is COc1cccc2c(C(C)C)cnn12. The third-order valence-electron chi connectivity index (χ3n) is 2.37. The molecule has 2 aromatic rings. The largest absolute Gasteiger partial charge is 0.481 e. The maximum absolute atomic E-state index is 5.22. The summed E-state index contributed by atoms with van der Waals surface area (Å²) in [7, 11) is 1.66. The van der Waals surface area contributed by atoms with Crippen LogP contribution in [0.1, 0.15) is 25.3 Å². The molecule has 0 amide bonds. The number of nitrogens with zero attached hydrogens (tertiary/aromatic N) is 2. The normalized spacial score (nSPS) is 11.1. The van der Waals surface area contributed by atoms with Crippen molar-refractivity contribution in [2.45, 2.75) is 19.8 Å².